The highest BCUT2D eigenvalue weighted by molar-refractivity contribution is 5.94. The van der Waals surface area contributed by atoms with E-state index in [0.29, 0.717) is 22.5 Å². The summed E-state index contributed by atoms with van der Waals surface area (Å²) in [7, 11) is 0. The molecule has 0 bridgehead atoms. The van der Waals surface area contributed by atoms with Gasteiger partial charge < -0.3 is 15.7 Å². The summed E-state index contributed by atoms with van der Waals surface area (Å²) in [6.07, 6.45) is -0.416. The van der Waals surface area contributed by atoms with E-state index >= 15 is 0 Å². The lowest BCUT2D eigenvalue weighted by Crippen LogP contribution is -2.17. The van der Waals surface area contributed by atoms with Crippen molar-refractivity contribution in [2.45, 2.75) is 25.9 Å². The zero-order valence-electron chi connectivity index (χ0n) is 13.9. The number of carbonyl (C=O) groups is 1. The Kier molecular flexibility index (Phi) is 6.49. The van der Waals surface area contributed by atoms with Gasteiger partial charge in [-0.05, 0) is 42.3 Å². The topological polar surface area (TPSA) is 85.2 Å². The summed E-state index contributed by atoms with van der Waals surface area (Å²) >= 11 is 0. The van der Waals surface area contributed by atoms with Gasteiger partial charge in [0.1, 0.15) is 5.82 Å². The highest BCUT2D eigenvalue weighted by atomic mass is 19.1. The standard InChI is InChI=1S/C19H20FN3O2/c1-2-8-22-16-7-6-13(12-21)9-17(16)23-19(25)11-18(24)14-4-3-5-15(20)10-14/h3-7,9-10,18,22,24H,2,8,11H2,1H3,(H,23,25). The molecule has 0 radical (unpaired) electrons. The first-order valence-electron chi connectivity index (χ1n) is 8.05. The molecule has 0 fully saturated rings. The van der Waals surface area contributed by atoms with Crippen LogP contribution < -0.4 is 10.6 Å². The molecule has 5 nitrogen and oxygen atoms in total. The smallest absolute Gasteiger partial charge is 0.227 e. The maximum atomic E-state index is 13.2. The van der Waals surface area contributed by atoms with Crippen LogP contribution in [0.2, 0.25) is 0 Å². The molecule has 1 amide bonds. The zero-order chi connectivity index (χ0) is 18.2. The quantitative estimate of drug-likeness (QED) is 0.718. The van der Waals surface area contributed by atoms with Crippen LogP contribution >= 0.6 is 0 Å². The van der Waals surface area contributed by atoms with Gasteiger partial charge in [0.05, 0.1) is 35.5 Å². The third-order valence-corrected chi connectivity index (χ3v) is 3.60. The Hall–Kier alpha value is -2.91. The van der Waals surface area contributed by atoms with Crippen molar-refractivity contribution in [2.75, 3.05) is 17.2 Å². The molecule has 1 unspecified atom stereocenters. The molecule has 2 aromatic rings. The van der Waals surface area contributed by atoms with Gasteiger partial charge in [-0.25, -0.2) is 4.39 Å². The molecular formula is C19H20FN3O2. The first kappa shape index (κ1) is 18.4. The van der Waals surface area contributed by atoms with Gasteiger partial charge in [-0.15, -0.1) is 0 Å². The zero-order valence-corrected chi connectivity index (χ0v) is 13.9. The lowest BCUT2D eigenvalue weighted by molar-refractivity contribution is -0.118. The number of amides is 1. The van der Waals surface area contributed by atoms with Gasteiger partial charge in [0.2, 0.25) is 5.91 Å². The average Bonchev–Trinajstić information content (AvgIpc) is 2.60. The van der Waals surface area contributed by atoms with Gasteiger partial charge >= 0.3 is 0 Å². The van der Waals surface area contributed by atoms with E-state index in [0.717, 1.165) is 13.0 Å². The van der Waals surface area contributed by atoms with E-state index in [4.69, 9.17) is 5.26 Å². The summed E-state index contributed by atoms with van der Waals surface area (Å²) in [5.74, 6) is -0.892. The molecule has 0 spiro atoms. The highest BCUT2D eigenvalue weighted by Gasteiger charge is 2.15. The Labute approximate surface area is 146 Å². The lowest BCUT2D eigenvalue weighted by atomic mass is 10.1. The predicted molar refractivity (Wildman–Crippen MR) is 94.5 cm³/mol. The molecule has 0 aliphatic heterocycles. The van der Waals surface area contributed by atoms with Crippen LogP contribution in [0, 0.1) is 17.1 Å². The van der Waals surface area contributed by atoms with Crippen molar-refractivity contribution in [3.05, 3.63) is 59.4 Å². The van der Waals surface area contributed by atoms with Crippen LogP contribution in [0.4, 0.5) is 15.8 Å². The van der Waals surface area contributed by atoms with E-state index in [1.807, 2.05) is 13.0 Å². The van der Waals surface area contributed by atoms with Gasteiger partial charge in [0.25, 0.3) is 0 Å². The summed E-state index contributed by atoms with van der Waals surface area (Å²) in [5, 5.41) is 25.0. The first-order chi connectivity index (χ1) is 12.0. The number of anilines is 2. The van der Waals surface area contributed by atoms with Crippen molar-refractivity contribution >= 4 is 17.3 Å². The first-order valence-corrected chi connectivity index (χ1v) is 8.05. The van der Waals surface area contributed by atoms with Crippen molar-refractivity contribution in [1.82, 2.24) is 0 Å². The Bertz CT molecular complexity index is 786. The number of nitriles is 1. The van der Waals surface area contributed by atoms with E-state index in [9.17, 15) is 14.3 Å². The molecular weight excluding hydrogens is 321 g/mol. The molecule has 2 rings (SSSR count). The van der Waals surface area contributed by atoms with Crippen LogP contribution in [0.25, 0.3) is 0 Å². The fourth-order valence-electron chi connectivity index (χ4n) is 2.34. The summed E-state index contributed by atoms with van der Waals surface area (Å²) in [6, 6.07) is 12.5. The predicted octanol–water partition coefficient (Wildman–Crippen LogP) is 3.58. The second kappa shape index (κ2) is 8.81. The number of hydrogen-bond acceptors (Lipinski definition) is 4. The fraction of sp³-hybridized carbons (Fsp3) is 0.263. The van der Waals surface area contributed by atoms with Crippen molar-refractivity contribution in [3.63, 3.8) is 0 Å². The van der Waals surface area contributed by atoms with Crippen LogP contribution in [-0.2, 0) is 4.79 Å². The Balaban J connectivity index is 2.09. The third-order valence-electron chi connectivity index (χ3n) is 3.60. The van der Waals surface area contributed by atoms with Crippen LogP contribution in [-0.4, -0.2) is 17.6 Å². The number of nitrogens with one attached hydrogen (secondary N) is 2. The minimum atomic E-state index is -1.11. The summed E-state index contributed by atoms with van der Waals surface area (Å²) in [5.41, 5.74) is 1.94. The monoisotopic (exact) mass is 341 g/mol. The molecule has 1 atom stereocenters. The number of hydrogen-bond donors (Lipinski definition) is 3. The molecule has 2 aromatic carbocycles. The molecule has 0 aromatic heterocycles. The van der Waals surface area contributed by atoms with Gasteiger partial charge in [-0.2, -0.15) is 5.26 Å². The van der Waals surface area contributed by atoms with Crippen molar-refractivity contribution in [1.29, 1.82) is 5.26 Å². The van der Waals surface area contributed by atoms with Crippen molar-refractivity contribution < 1.29 is 14.3 Å². The normalized spacial score (nSPS) is 11.4. The van der Waals surface area contributed by atoms with Gasteiger partial charge in [-0.3, -0.25) is 4.79 Å². The molecule has 0 saturated heterocycles. The van der Waals surface area contributed by atoms with Gasteiger partial charge in [-0.1, -0.05) is 19.1 Å². The van der Waals surface area contributed by atoms with Crippen LogP contribution in [0.5, 0.6) is 0 Å². The minimum absolute atomic E-state index is 0.215. The molecule has 0 saturated carbocycles. The maximum Gasteiger partial charge on any atom is 0.227 e. The largest absolute Gasteiger partial charge is 0.388 e. The molecule has 25 heavy (non-hydrogen) atoms. The number of rotatable bonds is 7. The second-order valence-corrected chi connectivity index (χ2v) is 5.62. The average molecular weight is 341 g/mol. The van der Waals surface area contributed by atoms with E-state index in [1.165, 1.54) is 18.2 Å². The Morgan fingerprint density at radius 1 is 1.28 bits per heavy atom. The van der Waals surface area contributed by atoms with Crippen LogP contribution in [0.1, 0.15) is 37.0 Å². The minimum Gasteiger partial charge on any atom is -0.388 e. The summed E-state index contributed by atoms with van der Waals surface area (Å²) in [6.45, 7) is 2.74. The van der Waals surface area contributed by atoms with E-state index < -0.39 is 17.8 Å². The maximum absolute atomic E-state index is 13.2. The SMILES string of the molecule is CCCNc1ccc(C#N)cc1NC(=O)CC(O)c1cccc(F)c1. The molecule has 3 N–H and O–H groups in total. The molecule has 0 aliphatic rings. The van der Waals surface area contributed by atoms with E-state index in [2.05, 4.69) is 10.6 Å². The molecule has 0 heterocycles. The second-order valence-electron chi connectivity index (χ2n) is 5.62. The molecule has 130 valence electrons. The van der Waals surface area contributed by atoms with Gasteiger partial charge in [0.15, 0.2) is 0 Å². The van der Waals surface area contributed by atoms with Crippen LogP contribution in [0.15, 0.2) is 42.5 Å². The number of aliphatic hydroxyl groups excluding tert-OH is 1. The third kappa shape index (κ3) is 5.30. The van der Waals surface area contributed by atoms with E-state index in [-0.39, 0.29) is 6.42 Å². The number of carbonyl (C=O) groups excluding carboxylic acids is 1. The Morgan fingerprint density at radius 2 is 2.08 bits per heavy atom. The van der Waals surface area contributed by atoms with Crippen molar-refractivity contribution in [2.24, 2.45) is 0 Å². The Morgan fingerprint density at radius 3 is 2.76 bits per heavy atom. The number of aliphatic hydroxyl groups is 1. The number of halogens is 1. The lowest BCUT2D eigenvalue weighted by Gasteiger charge is -2.15. The van der Waals surface area contributed by atoms with Crippen LogP contribution in [0.3, 0.4) is 0 Å². The van der Waals surface area contributed by atoms with Crippen molar-refractivity contribution in [3.8, 4) is 6.07 Å². The summed E-state index contributed by atoms with van der Waals surface area (Å²) < 4.78 is 13.2. The van der Waals surface area contributed by atoms with E-state index in [1.54, 1.807) is 24.3 Å². The highest BCUT2D eigenvalue weighted by Crippen LogP contribution is 2.25. The molecule has 0 aliphatic carbocycles. The van der Waals surface area contributed by atoms with Gasteiger partial charge in [0, 0.05) is 6.54 Å². The number of nitrogens with zero attached hydrogens (tertiary/aromatic N) is 1. The summed E-state index contributed by atoms with van der Waals surface area (Å²) in [4.78, 5) is 12.2. The fourth-order valence-corrected chi connectivity index (χ4v) is 2.34. The number of benzene rings is 2. The molecule has 6 heteroatoms.